The molecule has 0 bridgehead atoms. The lowest BCUT2D eigenvalue weighted by Crippen LogP contribution is -2.24. The van der Waals surface area contributed by atoms with Crippen molar-refractivity contribution in [2.75, 3.05) is 12.4 Å². The van der Waals surface area contributed by atoms with Crippen molar-refractivity contribution in [3.8, 4) is 0 Å². The molecule has 0 atom stereocenters. The zero-order valence-electron chi connectivity index (χ0n) is 13.8. The van der Waals surface area contributed by atoms with E-state index in [9.17, 15) is 4.79 Å². The molecule has 0 aliphatic rings. The second-order valence-corrected chi connectivity index (χ2v) is 5.61. The van der Waals surface area contributed by atoms with Gasteiger partial charge in [-0.2, -0.15) is 5.10 Å². The van der Waals surface area contributed by atoms with E-state index in [0.29, 0.717) is 10.7 Å². The fourth-order valence-corrected chi connectivity index (χ4v) is 2.30. The molecule has 6 heteroatoms. The molecular weight excluding hydrogens is 322 g/mol. The summed E-state index contributed by atoms with van der Waals surface area (Å²) in [5.41, 5.74) is 7.32. The summed E-state index contributed by atoms with van der Waals surface area (Å²) in [7, 11) is 1.35. The van der Waals surface area contributed by atoms with Crippen LogP contribution in [0.1, 0.15) is 27.0 Å². The van der Waals surface area contributed by atoms with Crippen LogP contribution in [0.4, 0.5) is 5.69 Å². The minimum atomic E-state index is -0.365. The summed E-state index contributed by atoms with van der Waals surface area (Å²) in [6.45, 7) is 4.04. The number of hydrogen-bond donors (Lipinski definition) is 2. The second kappa shape index (κ2) is 8.21. The summed E-state index contributed by atoms with van der Waals surface area (Å²) >= 11 is 5.24. The van der Waals surface area contributed by atoms with Crippen molar-refractivity contribution in [3.05, 3.63) is 64.7 Å². The Balaban J connectivity index is 1.94. The quantitative estimate of drug-likeness (QED) is 0.386. The average molecular weight is 341 g/mol. The van der Waals surface area contributed by atoms with E-state index in [2.05, 4.69) is 20.6 Å². The number of carbonyl (C=O) groups excluding carboxylic acids is 1. The average Bonchev–Trinajstić information content (AvgIpc) is 2.58. The van der Waals surface area contributed by atoms with Crippen molar-refractivity contribution in [2.45, 2.75) is 13.8 Å². The van der Waals surface area contributed by atoms with Crippen LogP contribution in [0.25, 0.3) is 0 Å². The third-order valence-electron chi connectivity index (χ3n) is 3.43. The van der Waals surface area contributed by atoms with Gasteiger partial charge in [-0.05, 0) is 54.9 Å². The number of benzene rings is 2. The maximum Gasteiger partial charge on any atom is 0.337 e. The molecule has 124 valence electrons. The number of anilines is 1. The van der Waals surface area contributed by atoms with Gasteiger partial charge in [-0.1, -0.05) is 30.3 Å². The van der Waals surface area contributed by atoms with Gasteiger partial charge < -0.3 is 10.1 Å². The van der Waals surface area contributed by atoms with Crippen LogP contribution in [0.5, 0.6) is 0 Å². The first-order chi connectivity index (χ1) is 11.5. The Kier molecular flexibility index (Phi) is 6.03. The Morgan fingerprint density at radius 2 is 1.75 bits per heavy atom. The number of hydrazone groups is 1. The SMILES string of the molecule is COC(=O)c1ccc(/C=N\NC(=S)Nc2c(C)cccc2C)cc1. The Bertz CT molecular complexity index is 750. The number of esters is 1. The molecule has 0 heterocycles. The number of hydrogen-bond acceptors (Lipinski definition) is 4. The number of carbonyl (C=O) groups is 1. The van der Waals surface area contributed by atoms with E-state index in [1.54, 1.807) is 30.5 Å². The van der Waals surface area contributed by atoms with Gasteiger partial charge >= 0.3 is 5.97 Å². The normalized spacial score (nSPS) is 10.5. The molecule has 0 aliphatic carbocycles. The van der Waals surface area contributed by atoms with E-state index in [-0.39, 0.29) is 5.97 Å². The number of nitrogens with zero attached hydrogens (tertiary/aromatic N) is 1. The number of ether oxygens (including phenoxy) is 1. The Labute approximate surface area is 146 Å². The highest BCUT2D eigenvalue weighted by Crippen LogP contribution is 2.19. The highest BCUT2D eigenvalue weighted by Gasteiger charge is 2.04. The van der Waals surface area contributed by atoms with Crippen LogP contribution in [0.15, 0.2) is 47.6 Å². The molecule has 0 aliphatic heterocycles. The molecule has 2 rings (SSSR count). The molecule has 2 aromatic rings. The van der Waals surface area contributed by atoms with Crippen molar-refractivity contribution in [2.24, 2.45) is 5.10 Å². The predicted molar refractivity (Wildman–Crippen MR) is 101 cm³/mol. The predicted octanol–water partition coefficient (Wildman–Crippen LogP) is 3.41. The maximum absolute atomic E-state index is 11.4. The lowest BCUT2D eigenvalue weighted by Gasteiger charge is -2.12. The van der Waals surface area contributed by atoms with Gasteiger partial charge in [0.1, 0.15) is 0 Å². The largest absolute Gasteiger partial charge is 0.465 e. The molecule has 0 saturated heterocycles. The monoisotopic (exact) mass is 341 g/mol. The molecule has 24 heavy (non-hydrogen) atoms. The van der Waals surface area contributed by atoms with Crippen LogP contribution in [0.3, 0.4) is 0 Å². The van der Waals surface area contributed by atoms with Gasteiger partial charge in [0.15, 0.2) is 5.11 Å². The van der Waals surface area contributed by atoms with E-state index < -0.39 is 0 Å². The first kappa shape index (κ1) is 17.6. The zero-order valence-corrected chi connectivity index (χ0v) is 14.6. The number of nitrogens with one attached hydrogen (secondary N) is 2. The standard InChI is InChI=1S/C18H19N3O2S/c1-12-5-4-6-13(2)16(12)20-18(24)21-19-11-14-7-9-15(10-8-14)17(22)23-3/h4-11H,1-3H3,(H2,20,21,24)/b19-11-. The number of methoxy groups -OCH3 is 1. The maximum atomic E-state index is 11.4. The molecule has 0 fully saturated rings. The molecule has 0 aromatic heterocycles. The van der Waals surface area contributed by atoms with Gasteiger partial charge in [0.2, 0.25) is 0 Å². The summed E-state index contributed by atoms with van der Waals surface area (Å²) in [5.74, 6) is -0.365. The van der Waals surface area contributed by atoms with Crippen molar-refractivity contribution < 1.29 is 9.53 Å². The number of rotatable bonds is 4. The molecule has 0 radical (unpaired) electrons. The summed E-state index contributed by atoms with van der Waals surface area (Å²) in [4.78, 5) is 11.4. The summed E-state index contributed by atoms with van der Waals surface area (Å²) < 4.78 is 4.65. The van der Waals surface area contributed by atoms with E-state index in [4.69, 9.17) is 12.2 Å². The van der Waals surface area contributed by atoms with Gasteiger partial charge in [-0.3, -0.25) is 5.43 Å². The molecular formula is C18H19N3O2S. The fourth-order valence-electron chi connectivity index (χ4n) is 2.14. The molecule has 2 N–H and O–H groups in total. The number of aryl methyl sites for hydroxylation is 2. The summed E-state index contributed by atoms with van der Waals surface area (Å²) in [5, 5.41) is 7.65. The second-order valence-electron chi connectivity index (χ2n) is 5.20. The number of para-hydroxylation sites is 1. The molecule has 0 unspecified atom stereocenters. The van der Waals surface area contributed by atoms with Gasteiger partial charge in [-0.15, -0.1) is 0 Å². The molecule has 0 amide bonds. The summed E-state index contributed by atoms with van der Waals surface area (Å²) in [6.07, 6.45) is 1.62. The minimum absolute atomic E-state index is 0.365. The first-order valence-electron chi connectivity index (χ1n) is 7.36. The molecule has 0 saturated carbocycles. The van der Waals surface area contributed by atoms with E-state index in [1.165, 1.54) is 7.11 Å². The molecule has 0 spiro atoms. The van der Waals surface area contributed by atoms with Gasteiger partial charge in [0, 0.05) is 5.69 Å². The molecule has 2 aromatic carbocycles. The van der Waals surface area contributed by atoms with E-state index >= 15 is 0 Å². The van der Waals surface area contributed by atoms with Crippen molar-refractivity contribution in [1.29, 1.82) is 0 Å². The minimum Gasteiger partial charge on any atom is -0.465 e. The van der Waals surface area contributed by atoms with Crippen LogP contribution in [-0.2, 0) is 4.74 Å². The topological polar surface area (TPSA) is 62.7 Å². The van der Waals surface area contributed by atoms with Gasteiger partial charge in [-0.25, -0.2) is 4.79 Å². The first-order valence-corrected chi connectivity index (χ1v) is 7.76. The lowest BCUT2D eigenvalue weighted by molar-refractivity contribution is 0.0600. The van der Waals surface area contributed by atoms with Crippen molar-refractivity contribution in [1.82, 2.24) is 5.43 Å². The highest BCUT2D eigenvalue weighted by molar-refractivity contribution is 7.80. The molecule has 5 nitrogen and oxygen atoms in total. The Morgan fingerprint density at radius 3 is 2.33 bits per heavy atom. The van der Waals surface area contributed by atoms with E-state index in [1.807, 2.05) is 32.0 Å². The summed E-state index contributed by atoms with van der Waals surface area (Å²) in [6, 6.07) is 13.0. The van der Waals surface area contributed by atoms with Gasteiger partial charge in [0.05, 0.1) is 18.9 Å². The lowest BCUT2D eigenvalue weighted by atomic mass is 10.1. The van der Waals surface area contributed by atoms with Crippen molar-refractivity contribution >= 4 is 35.2 Å². The van der Waals surface area contributed by atoms with Crippen LogP contribution in [-0.4, -0.2) is 24.4 Å². The zero-order chi connectivity index (χ0) is 17.5. The van der Waals surface area contributed by atoms with E-state index in [0.717, 1.165) is 22.4 Å². The highest BCUT2D eigenvalue weighted by atomic mass is 32.1. The smallest absolute Gasteiger partial charge is 0.337 e. The van der Waals surface area contributed by atoms with Crippen LogP contribution < -0.4 is 10.7 Å². The van der Waals surface area contributed by atoms with Gasteiger partial charge in [0.25, 0.3) is 0 Å². The third-order valence-corrected chi connectivity index (χ3v) is 3.62. The fraction of sp³-hybridized carbons (Fsp3) is 0.167. The van der Waals surface area contributed by atoms with Crippen LogP contribution in [0.2, 0.25) is 0 Å². The van der Waals surface area contributed by atoms with Crippen LogP contribution >= 0.6 is 12.2 Å². The Morgan fingerprint density at radius 1 is 1.12 bits per heavy atom. The Hall–Kier alpha value is -2.73. The number of thiocarbonyl (C=S) groups is 1. The third kappa shape index (κ3) is 4.63. The van der Waals surface area contributed by atoms with Crippen molar-refractivity contribution in [3.63, 3.8) is 0 Å². The van der Waals surface area contributed by atoms with Crippen LogP contribution in [0, 0.1) is 13.8 Å².